The quantitative estimate of drug-likeness (QED) is 0.230. The zero-order valence-electron chi connectivity index (χ0n) is 15.1. The Morgan fingerprint density at radius 2 is 0.727 bits per heavy atom. The van der Waals surface area contributed by atoms with Crippen molar-refractivity contribution < 1.29 is 9.59 Å². The SMILES string of the molecule is CCCCCCCCCCC(=O)C(=O)CCCCCCCC. The second-order valence-corrected chi connectivity index (χ2v) is 6.59. The Hall–Kier alpha value is -0.660. The topological polar surface area (TPSA) is 34.1 Å². The van der Waals surface area contributed by atoms with Crippen LogP contribution in [0.15, 0.2) is 0 Å². The molecule has 0 amide bonds. The summed E-state index contributed by atoms with van der Waals surface area (Å²) in [5.41, 5.74) is 0. The monoisotopic (exact) mass is 310 g/mol. The van der Waals surface area contributed by atoms with Crippen molar-refractivity contribution in [1.82, 2.24) is 0 Å². The van der Waals surface area contributed by atoms with Crippen LogP contribution in [0.1, 0.15) is 117 Å². The van der Waals surface area contributed by atoms with Crippen molar-refractivity contribution in [3.05, 3.63) is 0 Å². The molecule has 0 aliphatic carbocycles. The summed E-state index contributed by atoms with van der Waals surface area (Å²) >= 11 is 0. The maximum atomic E-state index is 11.7. The molecular formula is C20H38O2. The van der Waals surface area contributed by atoms with Crippen molar-refractivity contribution in [3.8, 4) is 0 Å². The third-order valence-corrected chi connectivity index (χ3v) is 4.33. The second-order valence-electron chi connectivity index (χ2n) is 6.59. The van der Waals surface area contributed by atoms with Crippen molar-refractivity contribution in [2.75, 3.05) is 0 Å². The lowest BCUT2D eigenvalue weighted by molar-refractivity contribution is -0.136. The lowest BCUT2D eigenvalue weighted by atomic mass is 10.0. The van der Waals surface area contributed by atoms with E-state index in [0.717, 1.165) is 25.7 Å². The number of hydrogen-bond acceptors (Lipinski definition) is 2. The number of ketones is 2. The van der Waals surface area contributed by atoms with Gasteiger partial charge in [0.05, 0.1) is 0 Å². The molecule has 0 aromatic heterocycles. The van der Waals surface area contributed by atoms with Crippen LogP contribution in [0, 0.1) is 0 Å². The molecule has 0 aliphatic heterocycles. The largest absolute Gasteiger partial charge is 0.291 e. The van der Waals surface area contributed by atoms with Gasteiger partial charge in [0.15, 0.2) is 11.6 Å². The first-order chi connectivity index (χ1) is 10.7. The maximum absolute atomic E-state index is 11.7. The Morgan fingerprint density at radius 3 is 1.05 bits per heavy atom. The predicted molar refractivity (Wildman–Crippen MR) is 95.2 cm³/mol. The van der Waals surface area contributed by atoms with Crippen LogP contribution in [-0.4, -0.2) is 11.6 Å². The highest BCUT2D eigenvalue weighted by molar-refractivity contribution is 6.37. The molecule has 0 heterocycles. The van der Waals surface area contributed by atoms with Gasteiger partial charge in [-0.25, -0.2) is 0 Å². The summed E-state index contributed by atoms with van der Waals surface area (Å²) in [4.78, 5) is 23.5. The van der Waals surface area contributed by atoms with Crippen LogP contribution in [0.2, 0.25) is 0 Å². The summed E-state index contributed by atoms with van der Waals surface area (Å²) in [6.07, 6.45) is 17.7. The van der Waals surface area contributed by atoms with Gasteiger partial charge in [0, 0.05) is 12.8 Å². The fraction of sp³-hybridized carbons (Fsp3) is 0.900. The average molecular weight is 311 g/mol. The molecule has 0 saturated heterocycles. The van der Waals surface area contributed by atoms with E-state index in [2.05, 4.69) is 13.8 Å². The Kier molecular flexibility index (Phi) is 16.2. The molecule has 22 heavy (non-hydrogen) atoms. The maximum Gasteiger partial charge on any atom is 0.198 e. The highest BCUT2D eigenvalue weighted by Crippen LogP contribution is 2.11. The molecule has 0 atom stereocenters. The molecule has 0 bridgehead atoms. The van der Waals surface area contributed by atoms with Gasteiger partial charge in [-0.05, 0) is 12.8 Å². The highest BCUT2D eigenvalue weighted by Gasteiger charge is 2.12. The van der Waals surface area contributed by atoms with Gasteiger partial charge in [0.25, 0.3) is 0 Å². The van der Waals surface area contributed by atoms with Gasteiger partial charge < -0.3 is 0 Å². The van der Waals surface area contributed by atoms with Crippen LogP contribution < -0.4 is 0 Å². The highest BCUT2D eigenvalue weighted by atomic mass is 16.2. The van der Waals surface area contributed by atoms with Crippen molar-refractivity contribution in [2.45, 2.75) is 117 Å². The summed E-state index contributed by atoms with van der Waals surface area (Å²) in [5, 5.41) is 0. The van der Waals surface area contributed by atoms with E-state index in [0.29, 0.717) is 12.8 Å². The third kappa shape index (κ3) is 14.3. The molecule has 0 aliphatic rings. The Bertz CT molecular complexity index is 271. The number of Topliss-reactive ketones (excluding diaryl/α,β-unsaturated/α-hetero) is 2. The third-order valence-electron chi connectivity index (χ3n) is 4.33. The van der Waals surface area contributed by atoms with Gasteiger partial charge in [0.1, 0.15) is 0 Å². The van der Waals surface area contributed by atoms with Gasteiger partial charge in [0.2, 0.25) is 0 Å². The molecule has 0 saturated carbocycles. The standard InChI is InChI=1S/C20H38O2/c1-3-5-7-9-11-12-14-16-18-20(22)19(21)17-15-13-10-8-6-4-2/h3-18H2,1-2H3. The lowest BCUT2D eigenvalue weighted by Crippen LogP contribution is -2.13. The molecule has 130 valence electrons. The molecule has 0 aromatic carbocycles. The minimum atomic E-state index is -0.126. The molecule has 0 aromatic rings. The summed E-state index contributed by atoms with van der Waals surface area (Å²) in [7, 11) is 0. The molecular weight excluding hydrogens is 272 g/mol. The predicted octanol–water partition coefficient (Wildman–Crippen LogP) is 6.41. The average Bonchev–Trinajstić information content (AvgIpc) is 2.52. The zero-order valence-corrected chi connectivity index (χ0v) is 15.1. The lowest BCUT2D eigenvalue weighted by Gasteiger charge is -2.02. The first kappa shape index (κ1) is 21.3. The van der Waals surface area contributed by atoms with E-state index in [1.54, 1.807) is 0 Å². The van der Waals surface area contributed by atoms with E-state index in [1.807, 2.05) is 0 Å². The molecule has 0 spiro atoms. The van der Waals surface area contributed by atoms with E-state index in [1.165, 1.54) is 64.2 Å². The number of carbonyl (C=O) groups is 2. The molecule has 2 nitrogen and oxygen atoms in total. The van der Waals surface area contributed by atoms with Crippen molar-refractivity contribution >= 4 is 11.6 Å². The normalized spacial score (nSPS) is 10.8. The Labute approximate surface area is 138 Å². The molecule has 0 N–H and O–H groups in total. The van der Waals surface area contributed by atoms with Crippen LogP contribution in [0.25, 0.3) is 0 Å². The van der Waals surface area contributed by atoms with E-state index in [9.17, 15) is 9.59 Å². The molecule has 0 unspecified atom stereocenters. The summed E-state index contributed by atoms with van der Waals surface area (Å²) in [5.74, 6) is -0.252. The van der Waals surface area contributed by atoms with Crippen LogP contribution in [0.5, 0.6) is 0 Å². The number of rotatable bonds is 17. The Balaban J connectivity index is 3.37. The fourth-order valence-electron chi connectivity index (χ4n) is 2.76. The van der Waals surface area contributed by atoms with Crippen LogP contribution >= 0.6 is 0 Å². The van der Waals surface area contributed by atoms with Crippen LogP contribution in [0.3, 0.4) is 0 Å². The van der Waals surface area contributed by atoms with Crippen molar-refractivity contribution in [1.29, 1.82) is 0 Å². The van der Waals surface area contributed by atoms with Crippen molar-refractivity contribution in [3.63, 3.8) is 0 Å². The summed E-state index contributed by atoms with van der Waals surface area (Å²) in [6, 6.07) is 0. The van der Waals surface area contributed by atoms with E-state index in [4.69, 9.17) is 0 Å². The van der Waals surface area contributed by atoms with Gasteiger partial charge >= 0.3 is 0 Å². The number of hydrogen-bond donors (Lipinski definition) is 0. The van der Waals surface area contributed by atoms with Gasteiger partial charge in [-0.3, -0.25) is 9.59 Å². The number of carbonyl (C=O) groups excluding carboxylic acids is 2. The van der Waals surface area contributed by atoms with E-state index >= 15 is 0 Å². The summed E-state index contributed by atoms with van der Waals surface area (Å²) < 4.78 is 0. The minimum absolute atomic E-state index is 0.125. The minimum Gasteiger partial charge on any atom is -0.291 e. The smallest absolute Gasteiger partial charge is 0.198 e. The van der Waals surface area contributed by atoms with Gasteiger partial charge in [-0.2, -0.15) is 0 Å². The van der Waals surface area contributed by atoms with Gasteiger partial charge in [-0.1, -0.05) is 90.9 Å². The Morgan fingerprint density at radius 1 is 0.455 bits per heavy atom. The second kappa shape index (κ2) is 16.7. The fourth-order valence-corrected chi connectivity index (χ4v) is 2.76. The molecule has 2 heteroatoms. The van der Waals surface area contributed by atoms with Crippen LogP contribution in [-0.2, 0) is 9.59 Å². The first-order valence-electron chi connectivity index (χ1n) is 9.78. The van der Waals surface area contributed by atoms with Crippen LogP contribution in [0.4, 0.5) is 0 Å². The van der Waals surface area contributed by atoms with Crippen molar-refractivity contribution in [2.24, 2.45) is 0 Å². The first-order valence-corrected chi connectivity index (χ1v) is 9.78. The zero-order chi connectivity index (χ0) is 16.5. The molecule has 0 radical (unpaired) electrons. The number of unbranched alkanes of at least 4 members (excludes halogenated alkanes) is 12. The molecule has 0 fully saturated rings. The van der Waals surface area contributed by atoms with E-state index in [-0.39, 0.29) is 11.6 Å². The van der Waals surface area contributed by atoms with Gasteiger partial charge in [-0.15, -0.1) is 0 Å². The van der Waals surface area contributed by atoms with E-state index < -0.39 is 0 Å². The molecule has 0 rings (SSSR count). The summed E-state index contributed by atoms with van der Waals surface area (Å²) in [6.45, 7) is 4.43.